The fraction of sp³-hybridized carbons (Fsp3) is 0.538. The minimum atomic E-state index is -0.186. The van der Waals surface area contributed by atoms with Crippen LogP contribution < -0.4 is 11.3 Å². The number of fused-ring (bicyclic) bond motifs is 1. The minimum absolute atomic E-state index is 0.186. The summed E-state index contributed by atoms with van der Waals surface area (Å²) < 4.78 is 12.8. The first-order valence-electron chi connectivity index (χ1n) is 5.99. The molecule has 2 aliphatic carbocycles. The van der Waals surface area contributed by atoms with Gasteiger partial charge in [0, 0.05) is 6.04 Å². The summed E-state index contributed by atoms with van der Waals surface area (Å²) in [5.74, 6) is 7.97. The maximum Gasteiger partial charge on any atom is 0.123 e. The Hall–Kier alpha value is -0.930. The summed E-state index contributed by atoms with van der Waals surface area (Å²) in [7, 11) is 0. The Labute approximate surface area is 95.0 Å². The van der Waals surface area contributed by atoms with Crippen LogP contribution >= 0.6 is 0 Å². The molecule has 1 aromatic carbocycles. The Bertz CT molecular complexity index is 366. The third-order valence-corrected chi connectivity index (χ3v) is 4.16. The zero-order valence-corrected chi connectivity index (χ0v) is 9.20. The number of halogens is 1. The highest BCUT2D eigenvalue weighted by Gasteiger charge is 2.47. The molecule has 0 radical (unpaired) electrons. The van der Waals surface area contributed by atoms with Gasteiger partial charge in [-0.05, 0) is 54.7 Å². The van der Waals surface area contributed by atoms with Crippen molar-refractivity contribution >= 4 is 0 Å². The van der Waals surface area contributed by atoms with Crippen LogP contribution in [-0.2, 0) is 0 Å². The molecule has 0 bridgehead atoms. The smallest absolute Gasteiger partial charge is 0.123 e. The first kappa shape index (κ1) is 10.2. The summed E-state index contributed by atoms with van der Waals surface area (Å²) in [6.07, 6.45) is 3.96. The van der Waals surface area contributed by atoms with Crippen molar-refractivity contribution in [1.82, 2.24) is 5.43 Å². The lowest BCUT2D eigenvalue weighted by molar-refractivity contribution is 0.345. The van der Waals surface area contributed by atoms with Crippen LogP contribution in [0.5, 0.6) is 0 Å². The topological polar surface area (TPSA) is 38.0 Å². The Kier molecular flexibility index (Phi) is 2.45. The molecule has 86 valence electrons. The molecule has 0 saturated heterocycles. The molecule has 3 atom stereocenters. The molecule has 0 aromatic heterocycles. The van der Waals surface area contributed by atoms with E-state index in [9.17, 15) is 4.39 Å². The van der Waals surface area contributed by atoms with Gasteiger partial charge in [0.1, 0.15) is 5.82 Å². The Morgan fingerprint density at radius 1 is 1.12 bits per heavy atom. The van der Waals surface area contributed by atoms with Crippen LogP contribution in [0.2, 0.25) is 0 Å². The number of benzene rings is 1. The molecule has 3 unspecified atom stereocenters. The zero-order chi connectivity index (χ0) is 11.1. The lowest BCUT2D eigenvalue weighted by Crippen LogP contribution is -2.33. The van der Waals surface area contributed by atoms with Crippen molar-refractivity contribution in [2.45, 2.75) is 25.3 Å². The molecule has 0 amide bonds. The monoisotopic (exact) mass is 220 g/mol. The van der Waals surface area contributed by atoms with E-state index in [1.54, 1.807) is 0 Å². The highest BCUT2D eigenvalue weighted by atomic mass is 19.1. The predicted octanol–water partition coefficient (Wildman–Crippen LogP) is 2.38. The number of nitrogens with one attached hydrogen (secondary N) is 1. The molecule has 2 nitrogen and oxygen atoms in total. The molecular weight excluding hydrogens is 203 g/mol. The molecule has 0 spiro atoms. The van der Waals surface area contributed by atoms with E-state index in [4.69, 9.17) is 5.84 Å². The Morgan fingerprint density at radius 3 is 2.31 bits per heavy atom. The Morgan fingerprint density at radius 2 is 1.75 bits per heavy atom. The second-order valence-electron chi connectivity index (χ2n) is 5.18. The van der Waals surface area contributed by atoms with E-state index in [1.807, 2.05) is 12.1 Å². The predicted molar refractivity (Wildman–Crippen MR) is 60.8 cm³/mol. The van der Waals surface area contributed by atoms with E-state index in [2.05, 4.69) is 5.43 Å². The highest BCUT2D eigenvalue weighted by Crippen LogP contribution is 2.56. The maximum atomic E-state index is 12.8. The molecule has 3 rings (SSSR count). The summed E-state index contributed by atoms with van der Waals surface area (Å²) >= 11 is 0. The second kappa shape index (κ2) is 3.82. The van der Waals surface area contributed by atoms with Gasteiger partial charge in [-0.15, -0.1) is 0 Å². The summed E-state index contributed by atoms with van der Waals surface area (Å²) in [6, 6.07) is 6.88. The van der Waals surface area contributed by atoms with Gasteiger partial charge in [-0.2, -0.15) is 0 Å². The standard InChI is InChI=1S/C13H17FN2/c14-12-3-1-8(2-4-12)13(16-15)11-6-9-5-10(9)7-11/h1-4,9-11,13,16H,5-7,15H2. The molecule has 3 N–H and O–H groups in total. The van der Waals surface area contributed by atoms with Crippen molar-refractivity contribution in [2.75, 3.05) is 0 Å². The fourth-order valence-corrected chi connectivity index (χ4v) is 3.21. The van der Waals surface area contributed by atoms with E-state index in [-0.39, 0.29) is 11.9 Å². The molecular formula is C13H17FN2. The number of nitrogens with two attached hydrogens (primary N) is 1. The first-order valence-corrected chi connectivity index (χ1v) is 5.99. The lowest BCUT2D eigenvalue weighted by atomic mass is 9.89. The summed E-state index contributed by atoms with van der Waals surface area (Å²) in [5.41, 5.74) is 4.01. The van der Waals surface area contributed by atoms with Crippen molar-refractivity contribution in [2.24, 2.45) is 23.6 Å². The van der Waals surface area contributed by atoms with Crippen molar-refractivity contribution in [1.29, 1.82) is 0 Å². The van der Waals surface area contributed by atoms with Crippen LogP contribution in [0.25, 0.3) is 0 Å². The molecule has 0 heterocycles. The molecule has 0 aliphatic heterocycles. The largest absolute Gasteiger partial charge is 0.271 e. The van der Waals surface area contributed by atoms with Gasteiger partial charge in [0.05, 0.1) is 0 Å². The third-order valence-electron chi connectivity index (χ3n) is 4.16. The summed E-state index contributed by atoms with van der Waals surface area (Å²) in [4.78, 5) is 0. The van der Waals surface area contributed by atoms with Gasteiger partial charge < -0.3 is 0 Å². The van der Waals surface area contributed by atoms with Crippen molar-refractivity contribution in [3.05, 3.63) is 35.6 Å². The van der Waals surface area contributed by atoms with Crippen LogP contribution in [-0.4, -0.2) is 0 Å². The van der Waals surface area contributed by atoms with Gasteiger partial charge >= 0.3 is 0 Å². The second-order valence-corrected chi connectivity index (χ2v) is 5.18. The number of rotatable bonds is 3. The van der Waals surface area contributed by atoms with E-state index in [1.165, 1.54) is 31.4 Å². The van der Waals surface area contributed by atoms with Gasteiger partial charge in [-0.1, -0.05) is 12.1 Å². The quantitative estimate of drug-likeness (QED) is 0.606. The molecule has 16 heavy (non-hydrogen) atoms. The molecule has 3 heteroatoms. The lowest BCUT2D eigenvalue weighted by Gasteiger charge is -2.24. The Balaban J connectivity index is 1.77. The van der Waals surface area contributed by atoms with E-state index >= 15 is 0 Å². The average molecular weight is 220 g/mol. The zero-order valence-electron chi connectivity index (χ0n) is 9.20. The SMILES string of the molecule is NNC(c1ccc(F)cc1)C1CC2CC2C1. The fourth-order valence-electron chi connectivity index (χ4n) is 3.21. The van der Waals surface area contributed by atoms with Crippen LogP contribution in [0, 0.1) is 23.6 Å². The van der Waals surface area contributed by atoms with Gasteiger partial charge in [-0.25, -0.2) is 4.39 Å². The van der Waals surface area contributed by atoms with Crippen molar-refractivity contribution in [3.63, 3.8) is 0 Å². The van der Waals surface area contributed by atoms with E-state index in [0.29, 0.717) is 5.92 Å². The van der Waals surface area contributed by atoms with Crippen LogP contribution in [0.1, 0.15) is 30.9 Å². The van der Waals surface area contributed by atoms with E-state index in [0.717, 1.165) is 17.4 Å². The first-order chi connectivity index (χ1) is 7.78. The normalized spacial score (nSPS) is 33.5. The number of hydrogen-bond donors (Lipinski definition) is 2. The molecule has 2 aliphatic rings. The van der Waals surface area contributed by atoms with Gasteiger partial charge in [-0.3, -0.25) is 11.3 Å². The number of hydrogen-bond acceptors (Lipinski definition) is 2. The van der Waals surface area contributed by atoms with Crippen molar-refractivity contribution < 1.29 is 4.39 Å². The summed E-state index contributed by atoms with van der Waals surface area (Å²) in [6.45, 7) is 0. The van der Waals surface area contributed by atoms with Crippen LogP contribution in [0.3, 0.4) is 0 Å². The minimum Gasteiger partial charge on any atom is -0.271 e. The highest BCUT2D eigenvalue weighted by molar-refractivity contribution is 5.21. The van der Waals surface area contributed by atoms with Crippen LogP contribution in [0.4, 0.5) is 4.39 Å². The summed E-state index contributed by atoms with van der Waals surface area (Å²) in [5, 5.41) is 0. The van der Waals surface area contributed by atoms with Gasteiger partial charge in [0.15, 0.2) is 0 Å². The average Bonchev–Trinajstić information content (AvgIpc) is 2.90. The molecule has 2 fully saturated rings. The number of hydrazine groups is 1. The van der Waals surface area contributed by atoms with Gasteiger partial charge in [0.25, 0.3) is 0 Å². The van der Waals surface area contributed by atoms with Crippen LogP contribution in [0.15, 0.2) is 24.3 Å². The molecule has 2 saturated carbocycles. The van der Waals surface area contributed by atoms with E-state index < -0.39 is 0 Å². The van der Waals surface area contributed by atoms with Gasteiger partial charge in [0.2, 0.25) is 0 Å². The molecule has 1 aromatic rings. The third kappa shape index (κ3) is 1.74. The maximum absolute atomic E-state index is 12.8. The van der Waals surface area contributed by atoms with Crippen molar-refractivity contribution in [3.8, 4) is 0 Å².